The number of fused-ring (bicyclic) bond motifs is 1. The van der Waals surface area contributed by atoms with Crippen LogP contribution in [0.4, 0.5) is 5.69 Å². The van der Waals surface area contributed by atoms with Gasteiger partial charge in [0.1, 0.15) is 18.5 Å². The standard InChI is InChI=1S/C25H24N2O2/c1-18(2)17-29-23-15-9-7-13-21(23)24-26-22-14-8-6-12-20(22)25(28)27(24)16-19-10-4-3-5-11-19/h3-15,24,26H,1,16-17H2,2H3. The summed E-state index contributed by atoms with van der Waals surface area (Å²) in [6, 6.07) is 25.5. The molecule has 0 saturated heterocycles. The van der Waals surface area contributed by atoms with Gasteiger partial charge in [0.05, 0.1) is 5.56 Å². The number of anilines is 1. The third-order valence-electron chi connectivity index (χ3n) is 4.91. The summed E-state index contributed by atoms with van der Waals surface area (Å²) in [4.78, 5) is 15.3. The van der Waals surface area contributed by atoms with Gasteiger partial charge in [-0.1, -0.05) is 67.2 Å². The minimum atomic E-state index is -0.334. The van der Waals surface area contributed by atoms with Crippen LogP contribution in [0.2, 0.25) is 0 Å². The molecule has 0 aliphatic carbocycles. The predicted molar refractivity (Wildman–Crippen MR) is 116 cm³/mol. The first-order chi connectivity index (χ1) is 14.1. The highest BCUT2D eigenvalue weighted by Crippen LogP contribution is 2.37. The van der Waals surface area contributed by atoms with E-state index in [2.05, 4.69) is 11.9 Å². The Morgan fingerprint density at radius 2 is 1.69 bits per heavy atom. The summed E-state index contributed by atoms with van der Waals surface area (Å²) in [5.41, 5.74) is 4.46. The minimum absolute atomic E-state index is 0.00269. The lowest BCUT2D eigenvalue weighted by molar-refractivity contribution is 0.0664. The van der Waals surface area contributed by atoms with E-state index in [-0.39, 0.29) is 12.1 Å². The molecule has 4 nitrogen and oxygen atoms in total. The molecule has 4 rings (SSSR count). The molecule has 1 atom stereocenters. The topological polar surface area (TPSA) is 41.6 Å². The molecule has 1 heterocycles. The van der Waals surface area contributed by atoms with Crippen molar-refractivity contribution in [2.24, 2.45) is 0 Å². The van der Waals surface area contributed by atoms with Gasteiger partial charge in [-0.15, -0.1) is 0 Å². The molecule has 146 valence electrons. The molecule has 1 amide bonds. The van der Waals surface area contributed by atoms with E-state index in [1.165, 1.54) is 0 Å². The summed E-state index contributed by atoms with van der Waals surface area (Å²) in [5.74, 6) is 0.751. The first kappa shape index (κ1) is 18.8. The second kappa shape index (κ2) is 8.23. The molecule has 1 N–H and O–H groups in total. The summed E-state index contributed by atoms with van der Waals surface area (Å²) in [6.07, 6.45) is -0.334. The Bertz CT molecular complexity index is 1030. The number of nitrogens with zero attached hydrogens (tertiary/aromatic N) is 1. The molecule has 3 aromatic rings. The van der Waals surface area contributed by atoms with Crippen molar-refractivity contribution in [1.29, 1.82) is 0 Å². The fourth-order valence-electron chi connectivity index (χ4n) is 3.52. The van der Waals surface area contributed by atoms with E-state index in [1.54, 1.807) is 0 Å². The summed E-state index contributed by atoms with van der Waals surface area (Å²) in [5, 5.41) is 3.54. The van der Waals surface area contributed by atoms with Crippen molar-refractivity contribution >= 4 is 11.6 Å². The summed E-state index contributed by atoms with van der Waals surface area (Å²) >= 11 is 0. The molecular weight excluding hydrogens is 360 g/mol. The molecule has 0 saturated carbocycles. The number of nitrogens with one attached hydrogen (secondary N) is 1. The molecule has 0 spiro atoms. The Morgan fingerprint density at radius 1 is 1.00 bits per heavy atom. The highest BCUT2D eigenvalue weighted by Gasteiger charge is 2.34. The molecule has 0 radical (unpaired) electrons. The smallest absolute Gasteiger partial charge is 0.258 e. The number of hydrogen-bond donors (Lipinski definition) is 1. The summed E-state index contributed by atoms with van der Waals surface area (Å²) in [7, 11) is 0. The van der Waals surface area contributed by atoms with Gasteiger partial charge in [-0.25, -0.2) is 0 Å². The Hall–Kier alpha value is -3.53. The molecule has 1 aliphatic rings. The number of ether oxygens (including phenoxy) is 1. The molecule has 3 aromatic carbocycles. The van der Waals surface area contributed by atoms with Gasteiger partial charge in [-0.3, -0.25) is 4.79 Å². The van der Waals surface area contributed by atoms with Gasteiger partial charge in [0, 0.05) is 17.8 Å². The zero-order valence-corrected chi connectivity index (χ0v) is 16.5. The highest BCUT2D eigenvalue weighted by molar-refractivity contribution is 6.01. The lowest BCUT2D eigenvalue weighted by Gasteiger charge is -2.38. The quantitative estimate of drug-likeness (QED) is 0.578. The van der Waals surface area contributed by atoms with Crippen LogP contribution in [0.1, 0.15) is 34.6 Å². The predicted octanol–water partition coefficient (Wildman–Crippen LogP) is 5.41. The fourth-order valence-corrected chi connectivity index (χ4v) is 3.52. The molecule has 4 heteroatoms. The summed E-state index contributed by atoms with van der Waals surface area (Å²) in [6.45, 7) is 6.79. The second-order valence-electron chi connectivity index (χ2n) is 7.29. The Kier molecular flexibility index (Phi) is 5.34. The van der Waals surface area contributed by atoms with Crippen LogP contribution in [0.3, 0.4) is 0 Å². The van der Waals surface area contributed by atoms with Crippen LogP contribution in [0.25, 0.3) is 0 Å². The molecule has 0 aromatic heterocycles. The van der Waals surface area contributed by atoms with E-state index in [4.69, 9.17) is 4.74 Å². The minimum Gasteiger partial charge on any atom is -0.489 e. The number of rotatable bonds is 6. The lowest BCUT2D eigenvalue weighted by atomic mass is 10.0. The molecule has 0 bridgehead atoms. The van der Waals surface area contributed by atoms with E-state index in [1.807, 2.05) is 90.7 Å². The van der Waals surface area contributed by atoms with Crippen LogP contribution in [0.5, 0.6) is 5.75 Å². The number of carbonyl (C=O) groups excluding carboxylic acids is 1. The normalized spacial score (nSPS) is 15.4. The lowest BCUT2D eigenvalue weighted by Crippen LogP contribution is -2.42. The van der Waals surface area contributed by atoms with E-state index in [9.17, 15) is 4.79 Å². The Labute approximate surface area is 171 Å². The van der Waals surface area contributed by atoms with E-state index >= 15 is 0 Å². The monoisotopic (exact) mass is 384 g/mol. The number of amides is 1. The van der Waals surface area contributed by atoms with Gasteiger partial charge >= 0.3 is 0 Å². The zero-order valence-electron chi connectivity index (χ0n) is 16.5. The highest BCUT2D eigenvalue weighted by atomic mass is 16.5. The number of hydrogen-bond acceptors (Lipinski definition) is 3. The van der Waals surface area contributed by atoms with Crippen LogP contribution < -0.4 is 10.1 Å². The van der Waals surface area contributed by atoms with Crippen LogP contribution in [-0.4, -0.2) is 17.4 Å². The van der Waals surface area contributed by atoms with Crippen molar-refractivity contribution in [1.82, 2.24) is 4.90 Å². The molecular formula is C25H24N2O2. The summed E-state index contributed by atoms with van der Waals surface area (Å²) < 4.78 is 6.00. The first-order valence-corrected chi connectivity index (χ1v) is 9.70. The number of para-hydroxylation sites is 2. The second-order valence-corrected chi connectivity index (χ2v) is 7.29. The first-order valence-electron chi connectivity index (χ1n) is 9.70. The van der Waals surface area contributed by atoms with E-state index < -0.39 is 0 Å². The van der Waals surface area contributed by atoms with Crippen LogP contribution >= 0.6 is 0 Å². The molecule has 0 fully saturated rings. The number of carbonyl (C=O) groups is 1. The van der Waals surface area contributed by atoms with Crippen molar-refractivity contribution in [3.8, 4) is 5.75 Å². The van der Waals surface area contributed by atoms with Crippen LogP contribution in [0.15, 0.2) is 91.0 Å². The Morgan fingerprint density at radius 3 is 2.48 bits per heavy atom. The molecule has 1 unspecified atom stereocenters. The van der Waals surface area contributed by atoms with Crippen molar-refractivity contribution in [3.05, 3.63) is 108 Å². The third-order valence-corrected chi connectivity index (χ3v) is 4.91. The van der Waals surface area contributed by atoms with Crippen molar-refractivity contribution in [2.75, 3.05) is 11.9 Å². The fraction of sp³-hybridized carbons (Fsp3) is 0.160. The Balaban J connectivity index is 1.75. The van der Waals surface area contributed by atoms with Gasteiger partial charge in [-0.2, -0.15) is 0 Å². The SMILES string of the molecule is C=C(C)COc1ccccc1C1Nc2ccccc2C(=O)N1Cc1ccccc1. The van der Waals surface area contributed by atoms with Crippen LogP contribution in [0, 0.1) is 0 Å². The zero-order chi connectivity index (χ0) is 20.2. The maximum absolute atomic E-state index is 13.4. The largest absolute Gasteiger partial charge is 0.489 e. The van der Waals surface area contributed by atoms with Crippen molar-refractivity contribution in [3.63, 3.8) is 0 Å². The van der Waals surface area contributed by atoms with Crippen molar-refractivity contribution < 1.29 is 9.53 Å². The van der Waals surface area contributed by atoms with Gasteiger partial charge < -0.3 is 15.0 Å². The van der Waals surface area contributed by atoms with Gasteiger partial charge in [0.25, 0.3) is 5.91 Å². The average Bonchev–Trinajstić information content (AvgIpc) is 2.75. The van der Waals surface area contributed by atoms with Gasteiger partial charge in [-0.05, 0) is 36.3 Å². The third kappa shape index (κ3) is 4.02. The van der Waals surface area contributed by atoms with E-state index in [0.717, 1.165) is 28.1 Å². The van der Waals surface area contributed by atoms with Crippen LogP contribution in [-0.2, 0) is 6.54 Å². The van der Waals surface area contributed by atoms with Gasteiger partial charge in [0.2, 0.25) is 0 Å². The van der Waals surface area contributed by atoms with Crippen molar-refractivity contribution in [2.45, 2.75) is 19.6 Å². The molecule has 1 aliphatic heterocycles. The van der Waals surface area contributed by atoms with Gasteiger partial charge in [0.15, 0.2) is 0 Å². The van der Waals surface area contributed by atoms with E-state index in [0.29, 0.717) is 18.7 Å². The average molecular weight is 384 g/mol. The molecule has 29 heavy (non-hydrogen) atoms. The maximum Gasteiger partial charge on any atom is 0.258 e. The maximum atomic E-state index is 13.4. The number of benzene rings is 3.